The van der Waals surface area contributed by atoms with Crippen molar-refractivity contribution in [2.45, 2.75) is 0 Å². The van der Waals surface area contributed by atoms with Gasteiger partial charge in [0.2, 0.25) is 0 Å². The molecule has 0 spiro atoms. The van der Waals surface area contributed by atoms with Gasteiger partial charge in [-0.3, -0.25) is 0 Å². The van der Waals surface area contributed by atoms with Gasteiger partial charge in [-0.1, -0.05) is 0 Å². The van der Waals surface area contributed by atoms with Crippen LogP contribution in [0.4, 0.5) is 0 Å². The Balaban J connectivity index is 2.57. The molecule has 0 fully saturated rings. The van der Waals surface area contributed by atoms with Crippen molar-refractivity contribution in [1.29, 1.82) is 0 Å². The topological polar surface area (TPSA) is 25.8 Å². The summed E-state index contributed by atoms with van der Waals surface area (Å²) in [5, 5.41) is 2.17. The summed E-state index contributed by atoms with van der Waals surface area (Å²) in [4.78, 5) is 8.69. The molecule has 1 aromatic carbocycles. The van der Waals surface area contributed by atoms with E-state index in [2.05, 4.69) is 9.97 Å². The van der Waals surface area contributed by atoms with Crippen LogP contribution >= 0.6 is 0 Å². The number of rotatable bonds is 0. The van der Waals surface area contributed by atoms with Gasteiger partial charge in [0.05, 0.1) is 0 Å². The SMILES string of the molecule is [Cu][c]1ccc2ccc3cccnc3c2n1. The fourth-order valence-corrected chi connectivity index (χ4v) is 1.87. The Hall–Kier alpha value is -1.44. The molecule has 2 heterocycles. The van der Waals surface area contributed by atoms with Gasteiger partial charge in [-0.2, -0.15) is 0 Å². The van der Waals surface area contributed by atoms with E-state index in [4.69, 9.17) is 16.0 Å². The summed E-state index contributed by atoms with van der Waals surface area (Å²) in [6.45, 7) is 0. The van der Waals surface area contributed by atoms with Crippen molar-refractivity contribution in [3.8, 4) is 0 Å². The Labute approximate surface area is 95.2 Å². The van der Waals surface area contributed by atoms with Crippen molar-refractivity contribution in [1.82, 2.24) is 9.97 Å². The molecule has 3 aromatic rings. The summed E-state index contributed by atoms with van der Waals surface area (Å²) in [5.41, 5.74) is 1.80. The van der Waals surface area contributed by atoms with E-state index < -0.39 is 0 Å². The molecule has 76 valence electrons. The van der Waals surface area contributed by atoms with Gasteiger partial charge in [0.25, 0.3) is 0 Å². The third kappa shape index (κ3) is 1.41. The third-order valence-electron chi connectivity index (χ3n) is 2.38. The van der Waals surface area contributed by atoms with E-state index in [1.54, 1.807) is 6.20 Å². The minimum absolute atomic E-state index is 0.591. The van der Waals surface area contributed by atoms with Crippen molar-refractivity contribution in [2.24, 2.45) is 0 Å². The summed E-state index contributed by atoms with van der Waals surface area (Å²) < 4.78 is 0.591. The normalized spacial score (nSPS) is 11.1. The van der Waals surface area contributed by atoms with Crippen molar-refractivity contribution < 1.29 is 16.0 Å². The predicted molar refractivity (Wildman–Crippen MR) is 56.7 cm³/mol. The summed E-state index contributed by atoms with van der Waals surface area (Å²) in [5.74, 6) is 0. The molecule has 0 saturated heterocycles. The van der Waals surface area contributed by atoms with Gasteiger partial charge in [-0.25, -0.2) is 0 Å². The van der Waals surface area contributed by atoms with E-state index in [9.17, 15) is 0 Å². The molecular weight excluding hydrogens is 236 g/mol. The van der Waals surface area contributed by atoms with Crippen LogP contribution in [0.2, 0.25) is 0 Å². The Morgan fingerprint density at radius 3 is 2.47 bits per heavy atom. The maximum absolute atomic E-state index is 5.22. The molecule has 3 heteroatoms. The number of aromatic nitrogens is 2. The molecule has 0 N–H and O–H groups in total. The standard InChI is InChI=1S/C12H7N2.Cu/c1-3-9-5-6-10-4-2-8-14-12(10)11(9)13-7-1;/h1-7H;. The van der Waals surface area contributed by atoms with Crippen LogP contribution < -0.4 is 4.59 Å². The van der Waals surface area contributed by atoms with E-state index in [1.807, 2.05) is 36.4 Å². The van der Waals surface area contributed by atoms with Gasteiger partial charge in [0, 0.05) is 0 Å². The third-order valence-corrected chi connectivity index (χ3v) is 2.64. The van der Waals surface area contributed by atoms with Crippen LogP contribution in [-0.4, -0.2) is 9.97 Å². The van der Waals surface area contributed by atoms with Crippen molar-refractivity contribution in [3.63, 3.8) is 0 Å². The molecule has 0 atom stereocenters. The first-order valence-corrected chi connectivity index (χ1v) is 5.08. The van der Waals surface area contributed by atoms with E-state index in [0.29, 0.717) is 4.59 Å². The molecule has 0 saturated carbocycles. The van der Waals surface area contributed by atoms with Crippen LogP contribution in [-0.2, 0) is 16.0 Å². The summed E-state index contributed by atoms with van der Waals surface area (Å²) in [6.07, 6.45) is 1.78. The molecule has 0 bridgehead atoms. The molecule has 0 radical (unpaired) electrons. The van der Waals surface area contributed by atoms with Gasteiger partial charge < -0.3 is 0 Å². The van der Waals surface area contributed by atoms with Gasteiger partial charge in [0.1, 0.15) is 0 Å². The molecule has 15 heavy (non-hydrogen) atoms. The quantitative estimate of drug-likeness (QED) is 0.445. The fourth-order valence-electron chi connectivity index (χ4n) is 1.68. The van der Waals surface area contributed by atoms with Crippen molar-refractivity contribution in [3.05, 3.63) is 42.6 Å². The zero-order chi connectivity index (χ0) is 10.3. The van der Waals surface area contributed by atoms with Crippen LogP contribution in [0, 0.1) is 0 Å². The van der Waals surface area contributed by atoms with Gasteiger partial charge in [-0.05, 0) is 0 Å². The van der Waals surface area contributed by atoms with Crippen LogP contribution in [0.15, 0.2) is 42.6 Å². The van der Waals surface area contributed by atoms with Crippen molar-refractivity contribution >= 4 is 26.4 Å². The summed E-state index contributed by atoms with van der Waals surface area (Å²) >= 11 is 5.22. The predicted octanol–water partition coefficient (Wildman–Crippen LogP) is 1.96. The van der Waals surface area contributed by atoms with E-state index >= 15 is 0 Å². The summed E-state index contributed by atoms with van der Waals surface area (Å²) in [6, 6.07) is 11.8. The second-order valence-electron chi connectivity index (χ2n) is 3.31. The zero-order valence-corrected chi connectivity index (χ0v) is 8.68. The van der Waals surface area contributed by atoms with Crippen LogP contribution in [0.25, 0.3) is 21.8 Å². The van der Waals surface area contributed by atoms with Crippen LogP contribution in [0.1, 0.15) is 0 Å². The molecule has 0 aliphatic heterocycles. The molecule has 2 aromatic heterocycles. The number of hydrogen-bond acceptors (Lipinski definition) is 2. The molecule has 3 rings (SSSR count). The second-order valence-corrected chi connectivity index (χ2v) is 3.79. The Kier molecular flexibility index (Phi) is 1.94. The minimum atomic E-state index is 0.591. The number of benzene rings is 1. The Morgan fingerprint density at radius 2 is 1.60 bits per heavy atom. The number of fused-ring (bicyclic) bond motifs is 3. The van der Waals surface area contributed by atoms with Crippen molar-refractivity contribution in [2.75, 3.05) is 0 Å². The van der Waals surface area contributed by atoms with E-state index in [0.717, 1.165) is 21.8 Å². The average molecular weight is 243 g/mol. The molecule has 0 unspecified atom stereocenters. The second kappa shape index (κ2) is 3.30. The maximum atomic E-state index is 5.22. The van der Waals surface area contributed by atoms with E-state index in [1.165, 1.54) is 0 Å². The first-order valence-electron chi connectivity index (χ1n) is 4.61. The summed E-state index contributed by atoms with van der Waals surface area (Å²) in [7, 11) is 0. The number of nitrogens with zero attached hydrogens (tertiary/aromatic N) is 2. The molecular formula is C12H7CuN2. The molecule has 0 aliphatic carbocycles. The fraction of sp³-hybridized carbons (Fsp3) is 0. The number of pyridine rings is 2. The average Bonchev–Trinajstić information content (AvgIpc) is 2.29. The number of hydrogen-bond donors (Lipinski definition) is 0. The van der Waals surface area contributed by atoms with E-state index in [-0.39, 0.29) is 0 Å². The Morgan fingerprint density at radius 1 is 0.867 bits per heavy atom. The monoisotopic (exact) mass is 242 g/mol. The zero-order valence-electron chi connectivity index (χ0n) is 7.74. The first kappa shape index (κ1) is 8.83. The van der Waals surface area contributed by atoms with Gasteiger partial charge >= 0.3 is 95.0 Å². The molecule has 0 amide bonds. The van der Waals surface area contributed by atoms with Gasteiger partial charge in [0.15, 0.2) is 0 Å². The van der Waals surface area contributed by atoms with Crippen LogP contribution in [0.3, 0.4) is 0 Å². The molecule has 2 nitrogen and oxygen atoms in total. The van der Waals surface area contributed by atoms with Gasteiger partial charge in [-0.15, -0.1) is 0 Å². The van der Waals surface area contributed by atoms with Crippen LogP contribution in [0.5, 0.6) is 0 Å². The first-order chi connectivity index (χ1) is 7.34. The Bertz CT molecular complexity index is 649. The molecule has 0 aliphatic rings.